The van der Waals surface area contributed by atoms with Gasteiger partial charge in [-0.25, -0.2) is 0 Å². The Morgan fingerprint density at radius 1 is 1.57 bits per heavy atom. The summed E-state index contributed by atoms with van der Waals surface area (Å²) in [6, 6.07) is 1.77. The van der Waals surface area contributed by atoms with Crippen LogP contribution in [0.3, 0.4) is 0 Å². The molecular weight excluding hydrogens is 180 g/mol. The van der Waals surface area contributed by atoms with Gasteiger partial charge in [0.25, 0.3) is 0 Å². The van der Waals surface area contributed by atoms with Gasteiger partial charge < -0.3 is 10.2 Å². The van der Waals surface area contributed by atoms with Gasteiger partial charge in [0, 0.05) is 18.0 Å². The number of ketones is 1. The molecule has 0 aliphatic carbocycles. The first-order valence-corrected chi connectivity index (χ1v) is 4.37. The SMILES string of the molecule is NCCC(=O)c1coc2cnccc12. The lowest BCUT2D eigenvalue weighted by atomic mass is 10.1. The number of aromatic nitrogens is 1. The van der Waals surface area contributed by atoms with Crippen molar-refractivity contribution in [3.8, 4) is 0 Å². The lowest BCUT2D eigenvalue weighted by Gasteiger charge is -1.94. The highest BCUT2D eigenvalue weighted by molar-refractivity contribution is 6.06. The summed E-state index contributed by atoms with van der Waals surface area (Å²) in [5, 5.41) is 0.804. The molecule has 0 saturated heterocycles. The minimum absolute atomic E-state index is 0.0115. The van der Waals surface area contributed by atoms with Gasteiger partial charge in [0.05, 0.1) is 11.8 Å². The molecular formula is C10H10N2O2. The summed E-state index contributed by atoms with van der Waals surface area (Å²) in [7, 11) is 0. The van der Waals surface area contributed by atoms with Crippen molar-refractivity contribution in [1.82, 2.24) is 4.98 Å². The first kappa shape index (κ1) is 8.90. The van der Waals surface area contributed by atoms with E-state index in [9.17, 15) is 4.79 Å². The molecule has 4 nitrogen and oxygen atoms in total. The molecule has 2 N–H and O–H groups in total. The molecule has 2 aromatic rings. The molecule has 0 fully saturated rings. The van der Waals surface area contributed by atoms with Crippen molar-refractivity contribution in [2.24, 2.45) is 5.73 Å². The molecule has 2 aromatic heterocycles. The number of Topliss-reactive ketones (excluding diaryl/α,β-unsaturated/α-hetero) is 1. The van der Waals surface area contributed by atoms with Crippen molar-refractivity contribution in [2.45, 2.75) is 6.42 Å². The zero-order chi connectivity index (χ0) is 9.97. The van der Waals surface area contributed by atoms with Crippen LogP contribution in [-0.4, -0.2) is 17.3 Å². The molecule has 0 radical (unpaired) electrons. The third-order valence-electron chi connectivity index (χ3n) is 2.05. The van der Waals surface area contributed by atoms with Crippen LogP contribution in [0.1, 0.15) is 16.8 Å². The fourth-order valence-electron chi connectivity index (χ4n) is 1.36. The zero-order valence-corrected chi connectivity index (χ0v) is 7.56. The average Bonchev–Trinajstić information content (AvgIpc) is 2.61. The monoisotopic (exact) mass is 190 g/mol. The number of fused-ring (bicyclic) bond motifs is 1. The van der Waals surface area contributed by atoms with Crippen LogP contribution in [0.2, 0.25) is 0 Å². The maximum Gasteiger partial charge on any atom is 0.167 e. The van der Waals surface area contributed by atoms with E-state index in [1.54, 1.807) is 18.5 Å². The highest BCUT2D eigenvalue weighted by Crippen LogP contribution is 2.20. The quantitative estimate of drug-likeness (QED) is 0.742. The number of pyridine rings is 1. The predicted octanol–water partition coefficient (Wildman–Crippen LogP) is 1.36. The smallest absolute Gasteiger partial charge is 0.167 e. The van der Waals surface area contributed by atoms with E-state index >= 15 is 0 Å². The molecule has 14 heavy (non-hydrogen) atoms. The van der Waals surface area contributed by atoms with Gasteiger partial charge in [-0.3, -0.25) is 9.78 Å². The summed E-state index contributed by atoms with van der Waals surface area (Å²) in [5.41, 5.74) is 6.54. The molecule has 4 heteroatoms. The van der Waals surface area contributed by atoms with E-state index < -0.39 is 0 Å². The minimum Gasteiger partial charge on any atom is -0.462 e. The van der Waals surface area contributed by atoms with Crippen LogP contribution < -0.4 is 5.73 Å². The van der Waals surface area contributed by atoms with E-state index in [-0.39, 0.29) is 5.78 Å². The largest absolute Gasteiger partial charge is 0.462 e. The zero-order valence-electron chi connectivity index (χ0n) is 7.56. The standard InChI is InChI=1S/C10H10N2O2/c11-3-1-9(13)8-6-14-10-5-12-4-2-7(8)10/h2,4-6H,1,3,11H2. The van der Waals surface area contributed by atoms with E-state index in [0.717, 1.165) is 5.39 Å². The topological polar surface area (TPSA) is 69.1 Å². The molecule has 0 bridgehead atoms. The van der Waals surface area contributed by atoms with Crippen molar-refractivity contribution >= 4 is 16.8 Å². The molecule has 0 aliphatic heterocycles. The second-order valence-corrected chi connectivity index (χ2v) is 2.98. The van der Waals surface area contributed by atoms with Crippen LogP contribution >= 0.6 is 0 Å². The lowest BCUT2D eigenvalue weighted by Crippen LogP contribution is -2.07. The molecule has 0 amide bonds. The van der Waals surface area contributed by atoms with Crippen LogP contribution in [0.5, 0.6) is 0 Å². The molecule has 0 atom stereocenters. The molecule has 0 saturated carbocycles. The van der Waals surface area contributed by atoms with Gasteiger partial charge in [-0.2, -0.15) is 0 Å². The summed E-state index contributed by atoms with van der Waals surface area (Å²) in [5.74, 6) is 0.0115. The summed E-state index contributed by atoms with van der Waals surface area (Å²) >= 11 is 0. The number of carbonyl (C=O) groups is 1. The number of hydrogen-bond donors (Lipinski definition) is 1. The van der Waals surface area contributed by atoms with Crippen molar-refractivity contribution in [1.29, 1.82) is 0 Å². The van der Waals surface area contributed by atoms with Gasteiger partial charge in [0.2, 0.25) is 0 Å². The predicted molar refractivity (Wildman–Crippen MR) is 52.0 cm³/mol. The Bertz CT molecular complexity index is 462. The Kier molecular flexibility index (Phi) is 2.28. The number of rotatable bonds is 3. The van der Waals surface area contributed by atoms with Gasteiger partial charge in [0.1, 0.15) is 6.26 Å². The van der Waals surface area contributed by atoms with E-state index in [1.165, 1.54) is 6.26 Å². The molecule has 0 spiro atoms. The van der Waals surface area contributed by atoms with Crippen LogP contribution in [0, 0.1) is 0 Å². The summed E-state index contributed by atoms with van der Waals surface area (Å²) in [4.78, 5) is 15.5. The number of nitrogens with two attached hydrogens (primary N) is 1. The highest BCUT2D eigenvalue weighted by Gasteiger charge is 2.12. The molecule has 72 valence electrons. The number of furan rings is 1. The average molecular weight is 190 g/mol. The summed E-state index contributed by atoms with van der Waals surface area (Å²) in [6.07, 6.45) is 5.03. The van der Waals surface area contributed by atoms with Crippen LogP contribution in [0.4, 0.5) is 0 Å². The molecule has 2 heterocycles. The highest BCUT2D eigenvalue weighted by atomic mass is 16.3. The molecule has 0 unspecified atom stereocenters. The second-order valence-electron chi connectivity index (χ2n) is 2.98. The normalized spacial score (nSPS) is 10.6. The van der Waals surface area contributed by atoms with Crippen molar-refractivity contribution in [3.63, 3.8) is 0 Å². The third kappa shape index (κ3) is 1.40. The number of carbonyl (C=O) groups excluding carboxylic acids is 1. The molecule has 0 aromatic carbocycles. The van der Waals surface area contributed by atoms with E-state index in [1.807, 2.05) is 0 Å². The maximum atomic E-state index is 11.6. The Labute approximate surface area is 80.7 Å². The molecule has 2 rings (SSSR count). The fraction of sp³-hybridized carbons (Fsp3) is 0.200. The fourth-order valence-corrected chi connectivity index (χ4v) is 1.36. The van der Waals surface area contributed by atoms with Gasteiger partial charge in [0.15, 0.2) is 11.4 Å². The van der Waals surface area contributed by atoms with Crippen LogP contribution in [0.25, 0.3) is 11.0 Å². The van der Waals surface area contributed by atoms with E-state index in [4.69, 9.17) is 10.2 Å². The Morgan fingerprint density at radius 2 is 2.43 bits per heavy atom. The first-order valence-electron chi connectivity index (χ1n) is 4.37. The lowest BCUT2D eigenvalue weighted by molar-refractivity contribution is 0.0986. The van der Waals surface area contributed by atoms with Gasteiger partial charge in [-0.05, 0) is 12.6 Å². The first-order chi connectivity index (χ1) is 6.83. The van der Waals surface area contributed by atoms with Crippen LogP contribution in [-0.2, 0) is 0 Å². The second kappa shape index (κ2) is 3.59. The number of nitrogens with zero attached hydrogens (tertiary/aromatic N) is 1. The maximum absolute atomic E-state index is 11.6. The van der Waals surface area contributed by atoms with Gasteiger partial charge in [-0.15, -0.1) is 0 Å². The van der Waals surface area contributed by atoms with Crippen LogP contribution in [0.15, 0.2) is 29.1 Å². The van der Waals surface area contributed by atoms with E-state index in [0.29, 0.717) is 24.1 Å². The Balaban J connectivity index is 2.47. The minimum atomic E-state index is 0.0115. The summed E-state index contributed by atoms with van der Waals surface area (Å²) in [6.45, 7) is 0.358. The molecule has 0 aliphatic rings. The van der Waals surface area contributed by atoms with E-state index in [2.05, 4.69) is 4.98 Å². The number of hydrogen-bond acceptors (Lipinski definition) is 4. The Morgan fingerprint density at radius 3 is 3.21 bits per heavy atom. The van der Waals surface area contributed by atoms with Gasteiger partial charge >= 0.3 is 0 Å². The van der Waals surface area contributed by atoms with Crippen molar-refractivity contribution < 1.29 is 9.21 Å². The Hall–Kier alpha value is -1.68. The van der Waals surface area contributed by atoms with Crippen molar-refractivity contribution in [3.05, 3.63) is 30.3 Å². The summed E-state index contributed by atoms with van der Waals surface area (Å²) < 4.78 is 5.19. The van der Waals surface area contributed by atoms with Crippen molar-refractivity contribution in [2.75, 3.05) is 6.54 Å². The van der Waals surface area contributed by atoms with Gasteiger partial charge in [-0.1, -0.05) is 0 Å². The third-order valence-corrected chi connectivity index (χ3v) is 2.05.